The molecule has 1 heterocycles. The minimum atomic E-state index is 0.749. The Balaban J connectivity index is 2.30. The number of rotatable bonds is 4. The number of halogens is 1. The third-order valence-corrected chi connectivity index (χ3v) is 3.39. The highest BCUT2D eigenvalue weighted by Crippen LogP contribution is 2.27. The lowest BCUT2D eigenvalue weighted by Gasteiger charge is -2.08. The van der Waals surface area contributed by atoms with Gasteiger partial charge in [0.15, 0.2) is 0 Å². The Labute approximate surface area is 120 Å². The SMILES string of the molecule is CNCc1c(C)nn(C)c1Oc1ccc(I)cc1. The summed E-state index contributed by atoms with van der Waals surface area (Å²) < 4.78 is 8.89. The Morgan fingerprint density at radius 3 is 2.61 bits per heavy atom. The predicted octanol–water partition coefficient (Wildman–Crippen LogP) is 2.84. The lowest BCUT2D eigenvalue weighted by molar-refractivity contribution is 0.424. The van der Waals surface area contributed by atoms with Gasteiger partial charge in [0, 0.05) is 17.2 Å². The van der Waals surface area contributed by atoms with Crippen LogP contribution in [0.25, 0.3) is 0 Å². The molecule has 0 aliphatic heterocycles. The Kier molecular flexibility index (Phi) is 4.23. The van der Waals surface area contributed by atoms with Crippen LogP contribution in [-0.4, -0.2) is 16.8 Å². The molecule has 1 aromatic heterocycles. The second-order valence-corrected chi connectivity index (χ2v) is 5.32. The number of nitrogens with one attached hydrogen (secondary N) is 1. The highest BCUT2D eigenvalue weighted by Gasteiger charge is 2.14. The molecule has 0 fully saturated rings. The zero-order valence-electron chi connectivity index (χ0n) is 10.7. The van der Waals surface area contributed by atoms with Crippen LogP contribution in [0.2, 0.25) is 0 Å². The van der Waals surface area contributed by atoms with Crippen molar-refractivity contribution in [3.8, 4) is 11.6 Å². The Hall–Kier alpha value is -1.08. The third kappa shape index (κ3) is 2.84. The van der Waals surface area contributed by atoms with E-state index in [4.69, 9.17) is 4.74 Å². The summed E-state index contributed by atoms with van der Waals surface area (Å²) >= 11 is 2.28. The van der Waals surface area contributed by atoms with Crippen molar-refractivity contribution in [3.63, 3.8) is 0 Å². The Bertz CT molecular complexity index is 534. The fraction of sp³-hybridized carbons (Fsp3) is 0.308. The van der Waals surface area contributed by atoms with Gasteiger partial charge >= 0.3 is 0 Å². The molecule has 0 aliphatic rings. The van der Waals surface area contributed by atoms with Crippen molar-refractivity contribution in [2.75, 3.05) is 7.05 Å². The first kappa shape index (κ1) is 13.4. The zero-order valence-corrected chi connectivity index (χ0v) is 12.9. The largest absolute Gasteiger partial charge is 0.439 e. The Morgan fingerprint density at radius 1 is 1.33 bits per heavy atom. The molecule has 0 atom stereocenters. The van der Waals surface area contributed by atoms with E-state index in [2.05, 4.69) is 33.0 Å². The highest BCUT2D eigenvalue weighted by molar-refractivity contribution is 14.1. The molecule has 0 spiro atoms. The van der Waals surface area contributed by atoms with Crippen molar-refractivity contribution in [2.24, 2.45) is 7.05 Å². The number of ether oxygens (including phenoxy) is 1. The molecule has 4 nitrogen and oxygen atoms in total. The summed E-state index contributed by atoms with van der Waals surface area (Å²) in [6.07, 6.45) is 0. The first-order valence-corrected chi connectivity index (χ1v) is 6.80. The van der Waals surface area contributed by atoms with Crippen molar-refractivity contribution >= 4 is 22.6 Å². The molecular formula is C13H16IN3O. The minimum absolute atomic E-state index is 0.749. The summed E-state index contributed by atoms with van der Waals surface area (Å²) in [4.78, 5) is 0. The molecule has 18 heavy (non-hydrogen) atoms. The van der Waals surface area contributed by atoms with E-state index >= 15 is 0 Å². The van der Waals surface area contributed by atoms with Gasteiger partial charge in [-0.05, 0) is 60.8 Å². The van der Waals surface area contributed by atoms with Gasteiger partial charge < -0.3 is 10.1 Å². The molecule has 0 saturated carbocycles. The van der Waals surface area contributed by atoms with Crippen LogP contribution in [0.15, 0.2) is 24.3 Å². The van der Waals surface area contributed by atoms with Gasteiger partial charge in [0.1, 0.15) is 5.75 Å². The van der Waals surface area contributed by atoms with E-state index in [1.807, 2.05) is 45.3 Å². The van der Waals surface area contributed by atoms with Crippen molar-refractivity contribution in [1.29, 1.82) is 0 Å². The van der Waals surface area contributed by atoms with Crippen LogP contribution >= 0.6 is 22.6 Å². The molecule has 0 bridgehead atoms. The summed E-state index contributed by atoms with van der Waals surface area (Å²) in [5.41, 5.74) is 2.09. The molecule has 1 aromatic carbocycles. The van der Waals surface area contributed by atoms with E-state index in [1.54, 1.807) is 4.68 Å². The summed E-state index contributed by atoms with van der Waals surface area (Å²) in [6, 6.07) is 7.98. The van der Waals surface area contributed by atoms with Crippen LogP contribution in [0.1, 0.15) is 11.3 Å². The second-order valence-electron chi connectivity index (χ2n) is 4.08. The van der Waals surface area contributed by atoms with Crippen molar-refractivity contribution in [2.45, 2.75) is 13.5 Å². The van der Waals surface area contributed by atoms with Gasteiger partial charge in [-0.3, -0.25) is 0 Å². The smallest absolute Gasteiger partial charge is 0.222 e. The highest BCUT2D eigenvalue weighted by atomic mass is 127. The van der Waals surface area contributed by atoms with Crippen molar-refractivity contribution in [3.05, 3.63) is 39.1 Å². The molecule has 1 N–H and O–H groups in total. The summed E-state index contributed by atoms with van der Waals surface area (Å²) in [6.45, 7) is 2.74. The van der Waals surface area contributed by atoms with E-state index in [9.17, 15) is 0 Å². The maximum atomic E-state index is 5.93. The van der Waals surface area contributed by atoms with Crippen LogP contribution in [0.5, 0.6) is 11.6 Å². The number of hydrogen-bond donors (Lipinski definition) is 1. The van der Waals surface area contributed by atoms with E-state index in [0.717, 1.165) is 29.4 Å². The lowest BCUT2D eigenvalue weighted by Crippen LogP contribution is -2.07. The fourth-order valence-corrected chi connectivity index (χ4v) is 2.16. The van der Waals surface area contributed by atoms with Crippen LogP contribution in [0.4, 0.5) is 0 Å². The number of hydrogen-bond acceptors (Lipinski definition) is 3. The van der Waals surface area contributed by atoms with Gasteiger partial charge in [-0.2, -0.15) is 5.10 Å². The topological polar surface area (TPSA) is 39.1 Å². The van der Waals surface area contributed by atoms with Gasteiger partial charge in [-0.1, -0.05) is 0 Å². The predicted molar refractivity (Wildman–Crippen MR) is 79.9 cm³/mol. The molecule has 0 unspecified atom stereocenters. The number of nitrogens with zero attached hydrogens (tertiary/aromatic N) is 2. The molecule has 0 radical (unpaired) electrons. The molecule has 5 heteroatoms. The van der Waals surface area contributed by atoms with Crippen LogP contribution < -0.4 is 10.1 Å². The van der Waals surface area contributed by atoms with E-state index in [-0.39, 0.29) is 0 Å². The van der Waals surface area contributed by atoms with E-state index < -0.39 is 0 Å². The van der Waals surface area contributed by atoms with Crippen molar-refractivity contribution in [1.82, 2.24) is 15.1 Å². The summed E-state index contributed by atoms with van der Waals surface area (Å²) in [5.74, 6) is 1.62. The maximum absolute atomic E-state index is 5.93. The molecule has 0 saturated heterocycles. The van der Waals surface area contributed by atoms with Crippen molar-refractivity contribution < 1.29 is 4.74 Å². The first-order chi connectivity index (χ1) is 8.61. The van der Waals surface area contributed by atoms with Gasteiger partial charge in [0.05, 0.1) is 11.3 Å². The lowest BCUT2D eigenvalue weighted by atomic mass is 10.2. The minimum Gasteiger partial charge on any atom is -0.439 e. The number of benzene rings is 1. The van der Waals surface area contributed by atoms with Crippen LogP contribution in [0, 0.1) is 10.5 Å². The second kappa shape index (κ2) is 5.71. The average molecular weight is 357 g/mol. The molecule has 0 amide bonds. The molecule has 2 aromatic rings. The molecule has 96 valence electrons. The third-order valence-electron chi connectivity index (χ3n) is 2.67. The van der Waals surface area contributed by atoms with E-state index in [1.165, 1.54) is 3.57 Å². The molecule has 0 aliphatic carbocycles. The Morgan fingerprint density at radius 2 is 2.00 bits per heavy atom. The summed E-state index contributed by atoms with van der Waals surface area (Å²) in [7, 11) is 3.81. The monoisotopic (exact) mass is 357 g/mol. The van der Waals surface area contributed by atoms with Gasteiger partial charge in [-0.25, -0.2) is 4.68 Å². The van der Waals surface area contributed by atoms with Gasteiger partial charge in [0.2, 0.25) is 5.88 Å². The first-order valence-electron chi connectivity index (χ1n) is 5.72. The zero-order chi connectivity index (χ0) is 13.1. The number of aryl methyl sites for hydroxylation is 2. The molecule has 2 rings (SSSR count). The van der Waals surface area contributed by atoms with Crippen LogP contribution in [-0.2, 0) is 13.6 Å². The fourth-order valence-electron chi connectivity index (χ4n) is 1.80. The van der Waals surface area contributed by atoms with Gasteiger partial charge in [0.25, 0.3) is 0 Å². The standard InChI is InChI=1S/C13H16IN3O/c1-9-12(8-15-2)13(17(3)16-9)18-11-6-4-10(14)5-7-11/h4-7,15H,8H2,1-3H3. The quantitative estimate of drug-likeness (QED) is 0.856. The number of aromatic nitrogens is 2. The average Bonchev–Trinajstić information content (AvgIpc) is 2.59. The molecular weight excluding hydrogens is 341 g/mol. The maximum Gasteiger partial charge on any atom is 0.222 e. The normalized spacial score (nSPS) is 10.7. The summed E-state index contributed by atoms with van der Waals surface area (Å²) in [5, 5.41) is 7.53. The van der Waals surface area contributed by atoms with Crippen LogP contribution in [0.3, 0.4) is 0 Å². The van der Waals surface area contributed by atoms with Gasteiger partial charge in [-0.15, -0.1) is 0 Å². The van der Waals surface area contributed by atoms with E-state index in [0.29, 0.717) is 0 Å².